The molecule has 3 aromatic carbocycles. The van der Waals surface area contributed by atoms with Crippen molar-refractivity contribution >= 4 is 40.6 Å². The molecule has 1 heterocycles. The maximum atomic E-state index is 13.8. The Bertz CT molecular complexity index is 1080. The van der Waals surface area contributed by atoms with Crippen LogP contribution in [-0.2, 0) is 0 Å². The molecule has 0 bridgehead atoms. The zero-order chi connectivity index (χ0) is 20.8. The minimum Gasteiger partial charge on any atom is -0.286 e. The van der Waals surface area contributed by atoms with Crippen molar-refractivity contribution in [3.63, 3.8) is 0 Å². The Morgan fingerprint density at radius 3 is 2.03 bits per heavy atom. The maximum Gasteiger partial charge on any atom is 0.330 e. The van der Waals surface area contributed by atoms with E-state index in [2.05, 4.69) is 39.0 Å². The minimum absolute atomic E-state index is 0.106. The summed E-state index contributed by atoms with van der Waals surface area (Å²) in [6.07, 6.45) is 0. The third kappa shape index (κ3) is 3.50. The van der Waals surface area contributed by atoms with E-state index in [1.54, 1.807) is 0 Å². The Morgan fingerprint density at radius 2 is 1.41 bits per heavy atom. The van der Waals surface area contributed by atoms with Crippen LogP contribution in [0.1, 0.15) is 31.0 Å². The number of hydrogen-bond donors (Lipinski definition) is 0. The predicted octanol–water partition coefficient (Wildman–Crippen LogP) is 7.27. The second-order valence-electron chi connectivity index (χ2n) is 7.92. The molecular formula is C24H22Cl2N2O. The van der Waals surface area contributed by atoms with Gasteiger partial charge in [-0.3, -0.25) is 9.80 Å². The van der Waals surface area contributed by atoms with E-state index in [1.165, 1.54) is 0 Å². The molecule has 2 amide bonds. The Morgan fingerprint density at radius 1 is 0.828 bits per heavy atom. The van der Waals surface area contributed by atoms with Gasteiger partial charge in [0, 0.05) is 21.4 Å². The van der Waals surface area contributed by atoms with Crippen molar-refractivity contribution in [2.24, 2.45) is 0 Å². The zero-order valence-electron chi connectivity index (χ0n) is 16.6. The third-order valence-corrected chi connectivity index (χ3v) is 5.88. The van der Waals surface area contributed by atoms with Gasteiger partial charge in [-0.1, -0.05) is 65.2 Å². The number of anilines is 2. The molecule has 0 spiro atoms. The fourth-order valence-electron chi connectivity index (χ4n) is 4.24. The molecule has 4 rings (SSSR count). The van der Waals surface area contributed by atoms with Crippen LogP contribution in [0.15, 0.2) is 72.8 Å². The van der Waals surface area contributed by atoms with Gasteiger partial charge in [-0.25, -0.2) is 4.79 Å². The molecule has 5 heteroatoms. The molecule has 3 aromatic rings. The number of urea groups is 1. The van der Waals surface area contributed by atoms with Crippen LogP contribution >= 0.6 is 23.2 Å². The predicted molar refractivity (Wildman–Crippen MR) is 121 cm³/mol. The summed E-state index contributed by atoms with van der Waals surface area (Å²) in [6, 6.07) is 22.9. The Kier molecular flexibility index (Phi) is 5.05. The maximum absolute atomic E-state index is 13.8. The molecule has 1 unspecified atom stereocenters. The van der Waals surface area contributed by atoms with Crippen molar-refractivity contribution in [3.8, 4) is 0 Å². The highest BCUT2D eigenvalue weighted by atomic mass is 35.5. The van der Waals surface area contributed by atoms with Crippen molar-refractivity contribution in [3.05, 3.63) is 94.0 Å². The molecule has 29 heavy (non-hydrogen) atoms. The molecule has 0 radical (unpaired) electrons. The summed E-state index contributed by atoms with van der Waals surface area (Å²) >= 11 is 12.5. The van der Waals surface area contributed by atoms with Crippen LogP contribution in [0.3, 0.4) is 0 Å². The number of benzene rings is 3. The van der Waals surface area contributed by atoms with Gasteiger partial charge in [-0.05, 0) is 62.7 Å². The summed E-state index contributed by atoms with van der Waals surface area (Å²) in [5, 5.41) is 1.19. The highest BCUT2D eigenvalue weighted by molar-refractivity contribution is 6.31. The second kappa shape index (κ2) is 7.40. The lowest BCUT2D eigenvalue weighted by Crippen LogP contribution is -2.43. The van der Waals surface area contributed by atoms with E-state index < -0.39 is 5.54 Å². The van der Waals surface area contributed by atoms with Crippen LogP contribution in [0, 0.1) is 6.92 Å². The molecule has 1 aliphatic rings. The topological polar surface area (TPSA) is 23.6 Å². The lowest BCUT2D eigenvalue weighted by atomic mass is 9.87. The van der Waals surface area contributed by atoms with Crippen LogP contribution in [0.4, 0.5) is 16.2 Å². The summed E-state index contributed by atoms with van der Waals surface area (Å²) in [7, 11) is 0. The molecule has 0 saturated carbocycles. The standard InChI is InChI=1S/C24H22Cl2N2O/c1-16-7-4-8-17(13-16)22-24(2,3)28(21-12-6-10-19(26)15-21)23(29)27(22)20-11-5-9-18(25)14-20/h4-15,22H,1-3H3. The zero-order valence-corrected chi connectivity index (χ0v) is 18.1. The molecule has 0 N–H and O–H groups in total. The average molecular weight is 425 g/mol. The summed E-state index contributed by atoms with van der Waals surface area (Å²) in [5.74, 6) is 0. The van der Waals surface area contributed by atoms with Crippen molar-refractivity contribution in [1.29, 1.82) is 0 Å². The molecule has 3 nitrogen and oxygen atoms in total. The highest BCUT2D eigenvalue weighted by Crippen LogP contribution is 2.48. The number of halogens is 2. The summed E-state index contributed by atoms with van der Waals surface area (Å²) in [5.41, 5.74) is 3.24. The van der Waals surface area contributed by atoms with Crippen molar-refractivity contribution in [1.82, 2.24) is 0 Å². The Balaban J connectivity index is 1.92. The first-order chi connectivity index (χ1) is 13.8. The van der Waals surface area contributed by atoms with Crippen molar-refractivity contribution in [2.75, 3.05) is 9.80 Å². The van der Waals surface area contributed by atoms with Crippen LogP contribution in [0.25, 0.3) is 0 Å². The molecule has 1 aliphatic heterocycles. The van der Waals surface area contributed by atoms with Crippen molar-refractivity contribution in [2.45, 2.75) is 32.4 Å². The van der Waals surface area contributed by atoms with E-state index >= 15 is 0 Å². The van der Waals surface area contributed by atoms with Crippen LogP contribution < -0.4 is 9.80 Å². The normalized spacial score (nSPS) is 18.4. The highest BCUT2D eigenvalue weighted by Gasteiger charge is 2.53. The summed E-state index contributed by atoms with van der Waals surface area (Å²) in [4.78, 5) is 17.4. The summed E-state index contributed by atoms with van der Waals surface area (Å²) < 4.78 is 0. The SMILES string of the molecule is Cc1cccc(C2N(c3cccc(Cl)c3)C(=O)N(c3cccc(Cl)c3)C2(C)C)c1. The third-order valence-electron chi connectivity index (χ3n) is 5.41. The first-order valence-corrected chi connectivity index (χ1v) is 10.3. The molecule has 0 aliphatic carbocycles. The number of carbonyl (C=O) groups is 1. The summed E-state index contributed by atoms with van der Waals surface area (Å²) in [6.45, 7) is 6.23. The van der Waals surface area contributed by atoms with Gasteiger partial charge in [0.25, 0.3) is 0 Å². The van der Waals surface area contributed by atoms with E-state index in [9.17, 15) is 4.79 Å². The number of carbonyl (C=O) groups excluding carboxylic acids is 1. The fraction of sp³-hybridized carbons (Fsp3) is 0.208. The van der Waals surface area contributed by atoms with Gasteiger partial charge in [0.1, 0.15) is 0 Å². The number of amides is 2. The number of rotatable bonds is 3. The number of aryl methyl sites for hydroxylation is 1. The monoisotopic (exact) mass is 424 g/mol. The van der Waals surface area contributed by atoms with Crippen molar-refractivity contribution < 1.29 is 4.79 Å². The van der Waals surface area contributed by atoms with Crippen LogP contribution in [-0.4, -0.2) is 11.6 Å². The van der Waals surface area contributed by atoms with E-state index in [0.29, 0.717) is 10.0 Å². The van der Waals surface area contributed by atoms with Crippen LogP contribution in [0.2, 0.25) is 10.0 Å². The molecule has 1 fully saturated rings. The first-order valence-electron chi connectivity index (χ1n) is 9.50. The lowest BCUT2D eigenvalue weighted by Gasteiger charge is -2.35. The van der Waals surface area contributed by atoms with E-state index in [1.807, 2.05) is 64.4 Å². The fourth-order valence-corrected chi connectivity index (χ4v) is 4.61. The van der Waals surface area contributed by atoms with Gasteiger partial charge in [-0.15, -0.1) is 0 Å². The molecule has 0 aromatic heterocycles. The first kappa shape index (κ1) is 19.8. The van der Waals surface area contributed by atoms with E-state index in [4.69, 9.17) is 23.2 Å². The quantitative estimate of drug-likeness (QED) is 0.433. The largest absolute Gasteiger partial charge is 0.330 e. The van der Waals surface area contributed by atoms with E-state index in [0.717, 1.165) is 22.5 Å². The second-order valence-corrected chi connectivity index (χ2v) is 8.79. The Hall–Kier alpha value is -2.49. The Labute approximate surface area is 181 Å². The molecular weight excluding hydrogens is 403 g/mol. The number of nitrogens with zero attached hydrogens (tertiary/aromatic N) is 2. The molecule has 1 atom stereocenters. The average Bonchev–Trinajstić information content (AvgIpc) is 2.87. The minimum atomic E-state index is -0.530. The van der Waals surface area contributed by atoms with E-state index in [-0.39, 0.29) is 12.1 Å². The van der Waals surface area contributed by atoms with Gasteiger partial charge in [0.05, 0.1) is 11.6 Å². The van der Waals surface area contributed by atoms with Gasteiger partial charge in [0.2, 0.25) is 0 Å². The van der Waals surface area contributed by atoms with Gasteiger partial charge < -0.3 is 0 Å². The van der Waals surface area contributed by atoms with Crippen LogP contribution in [0.5, 0.6) is 0 Å². The number of hydrogen-bond acceptors (Lipinski definition) is 1. The van der Waals surface area contributed by atoms with Gasteiger partial charge in [0.15, 0.2) is 0 Å². The molecule has 148 valence electrons. The smallest absolute Gasteiger partial charge is 0.286 e. The lowest BCUT2D eigenvalue weighted by molar-refractivity contribution is 0.254. The molecule has 1 saturated heterocycles. The van der Waals surface area contributed by atoms with Gasteiger partial charge in [-0.2, -0.15) is 0 Å². The van der Waals surface area contributed by atoms with Gasteiger partial charge >= 0.3 is 6.03 Å².